The Bertz CT molecular complexity index is 1080. The van der Waals surface area contributed by atoms with E-state index >= 15 is 0 Å². The minimum Gasteiger partial charge on any atom is -0.378 e. The zero-order valence-corrected chi connectivity index (χ0v) is 16.5. The smallest absolute Gasteiger partial charge is 0.378 e. The van der Waals surface area contributed by atoms with E-state index in [9.17, 15) is 13.2 Å². The van der Waals surface area contributed by atoms with Gasteiger partial charge in [0.1, 0.15) is 11.2 Å². The predicted molar refractivity (Wildman–Crippen MR) is 103 cm³/mol. The first kappa shape index (κ1) is 19.8. The van der Waals surface area contributed by atoms with Crippen molar-refractivity contribution in [1.29, 1.82) is 0 Å². The topological polar surface area (TPSA) is 64.0 Å². The molecule has 10 heteroatoms. The van der Waals surface area contributed by atoms with Crippen LogP contribution in [-0.4, -0.2) is 46.2 Å². The molecule has 1 aliphatic heterocycles. The summed E-state index contributed by atoms with van der Waals surface area (Å²) in [6.45, 7) is 5.58. The summed E-state index contributed by atoms with van der Waals surface area (Å²) in [5, 5.41) is -0.00838. The van der Waals surface area contributed by atoms with Gasteiger partial charge in [-0.1, -0.05) is 17.7 Å². The summed E-state index contributed by atoms with van der Waals surface area (Å²) in [6, 6.07) is 3.61. The van der Waals surface area contributed by atoms with Crippen molar-refractivity contribution >= 4 is 28.7 Å². The largest absolute Gasteiger partial charge is 0.417 e. The Hall–Kier alpha value is -2.52. The molecule has 0 amide bonds. The summed E-state index contributed by atoms with van der Waals surface area (Å²) in [6.07, 6.45) is -4.61. The standard InChI is InChI=1S/C19H17ClF3N5O/c1-10-11(2)25-17-16(24-10)15(26-18(27-17)28-5-7-29-8-6-28)13-4-3-12(20)9-14(13)19(21,22)23/h3-4,9H,5-8H2,1-2H3. The number of fused-ring (bicyclic) bond motifs is 1. The first-order valence-corrected chi connectivity index (χ1v) is 9.34. The van der Waals surface area contributed by atoms with Crippen LogP contribution in [0.3, 0.4) is 0 Å². The normalized spacial score (nSPS) is 15.2. The number of alkyl halides is 3. The molecule has 1 fully saturated rings. The van der Waals surface area contributed by atoms with Crippen LogP contribution in [0.2, 0.25) is 5.02 Å². The zero-order chi connectivity index (χ0) is 20.8. The average molecular weight is 424 g/mol. The summed E-state index contributed by atoms with van der Waals surface area (Å²) in [7, 11) is 0. The minimum absolute atomic E-state index is 0.00838. The molecule has 2 aromatic heterocycles. The van der Waals surface area contributed by atoms with Gasteiger partial charge in [0.05, 0.1) is 30.2 Å². The molecule has 0 N–H and O–H groups in total. The summed E-state index contributed by atoms with van der Waals surface area (Å²) < 4.78 is 46.6. The third kappa shape index (κ3) is 3.84. The Morgan fingerprint density at radius 1 is 1.00 bits per heavy atom. The van der Waals surface area contributed by atoms with Gasteiger partial charge in [-0.3, -0.25) is 0 Å². The molecule has 1 aliphatic rings. The Balaban J connectivity index is 2.01. The number of hydrogen-bond donors (Lipinski definition) is 0. The SMILES string of the molecule is Cc1nc2nc(N3CCOCC3)nc(-c3ccc(Cl)cc3C(F)(F)F)c2nc1C. The summed E-state index contributed by atoms with van der Waals surface area (Å²) in [4.78, 5) is 19.7. The number of ether oxygens (including phenoxy) is 1. The lowest BCUT2D eigenvalue weighted by atomic mass is 10.0. The molecule has 0 aliphatic carbocycles. The Morgan fingerprint density at radius 3 is 2.38 bits per heavy atom. The van der Waals surface area contributed by atoms with Crippen LogP contribution in [0.25, 0.3) is 22.4 Å². The van der Waals surface area contributed by atoms with Gasteiger partial charge in [-0.15, -0.1) is 0 Å². The van der Waals surface area contributed by atoms with Crippen molar-refractivity contribution in [1.82, 2.24) is 19.9 Å². The molecule has 3 aromatic rings. The lowest BCUT2D eigenvalue weighted by molar-refractivity contribution is -0.137. The van der Waals surface area contributed by atoms with Crippen molar-refractivity contribution < 1.29 is 17.9 Å². The fourth-order valence-corrected chi connectivity index (χ4v) is 3.32. The van der Waals surface area contributed by atoms with E-state index in [1.54, 1.807) is 13.8 Å². The molecule has 0 saturated carbocycles. The monoisotopic (exact) mass is 423 g/mol. The van der Waals surface area contributed by atoms with E-state index in [2.05, 4.69) is 19.9 Å². The summed E-state index contributed by atoms with van der Waals surface area (Å²) in [5.74, 6) is 0.302. The number of aryl methyl sites for hydroxylation is 2. The number of morpholine rings is 1. The van der Waals surface area contributed by atoms with Crippen LogP contribution in [0, 0.1) is 13.8 Å². The maximum absolute atomic E-state index is 13.7. The van der Waals surface area contributed by atoms with E-state index in [1.165, 1.54) is 12.1 Å². The predicted octanol–water partition coefficient (Wildman–Crippen LogP) is 4.21. The van der Waals surface area contributed by atoms with Gasteiger partial charge in [0, 0.05) is 23.7 Å². The molecule has 0 atom stereocenters. The van der Waals surface area contributed by atoms with Crippen molar-refractivity contribution in [3.05, 3.63) is 40.2 Å². The number of nitrogens with zero attached hydrogens (tertiary/aromatic N) is 5. The quantitative estimate of drug-likeness (QED) is 0.615. The first-order chi connectivity index (χ1) is 13.7. The second kappa shape index (κ2) is 7.38. The highest BCUT2D eigenvalue weighted by Gasteiger charge is 2.35. The van der Waals surface area contributed by atoms with Gasteiger partial charge in [-0.25, -0.2) is 15.0 Å². The van der Waals surface area contributed by atoms with E-state index < -0.39 is 11.7 Å². The molecule has 0 unspecified atom stereocenters. The molecule has 1 aromatic carbocycles. The number of halogens is 4. The number of aromatic nitrogens is 4. The van der Waals surface area contributed by atoms with Gasteiger partial charge in [-0.2, -0.15) is 18.2 Å². The maximum atomic E-state index is 13.7. The third-order valence-corrected chi connectivity index (χ3v) is 5.00. The number of anilines is 1. The molecular weight excluding hydrogens is 407 g/mol. The molecule has 29 heavy (non-hydrogen) atoms. The van der Waals surface area contributed by atoms with Crippen LogP contribution in [0.15, 0.2) is 18.2 Å². The summed E-state index contributed by atoms with van der Waals surface area (Å²) >= 11 is 5.84. The second-order valence-corrected chi connectivity index (χ2v) is 7.16. The molecule has 1 saturated heterocycles. The fraction of sp³-hybridized carbons (Fsp3) is 0.368. The molecule has 3 heterocycles. The van der Waals surface area contributed by atoms with Crippen molar-refractivity contribution in [3.63, 3.8) is 0 Å². The van der Waals surface area contributed by atoms with Crippen LogP contribution in [-0.2, 0) is 10.9 Å². The van der Waals surface area contributed by atoms with Gasteiger partial charge in [0.15, 0.2) is 5.65 Å². The number of hydrogen-bond acceptors (Lipinski definition) is 6. The van der Waals surface area contributed by atoms with E-state index in [0.717, 1.165) is 6.07 Å². The van der Waals surface area contributed by atoms with Crippen molar-refractivity contribution in [2.75, 3.05) is 31.2 Å². The van der Waals surface area contributed by atoms with Gasteiger partial charge < -0.3 is 9.64 Å². The van der Waals surface area contributed by atoms with Crippen molar-refractivity contribution in [3.8, 4) is 11.3 Å². The highest BCUT2D eigenvalue weighted by atomic mass is 35.5. The molecule has 4 rings (SSSR count). The third-order valence-electron chi connectivity index (χ3n) is 4.77. The second-order valence-electron chi connectivity index (χ2n) is 6.73. The van der Waals surface area contributed by atoms with E-state index in [-0.39, 0.29) is 27.4 Å². The Morgan fingerprint density at radius 2 is 1.69 bits per heavy atom. The van der Waals surface area contributed by atoms with Gasteiger partial charge in [0.25, 0.3) is 0 Å². The Labute approximate surface area is 169 Å². The number of benzene rings is 1. The molecule has 0 bridgehead atoms. The molecule has 6 nitrogen and oxygen atoms in total. The average Bonchev–Trinajstić information content (AvgIpc) is 2.68. The van der Waals surface area contributed by atoms with Crippen molar-refractivity contribution in [2.24, 2.45) is 0 Å². The van der Waals surface area contributed by atoms with Crippen LogP contribution < -0.4 is 4.90 Å². The maximum Gasteiger partial charge on any atom is 0.417 e. The van der Waals surface area contributed by atoms with E-state index in [1.807, 2.05) is 4.90 Å². The lowest BCUT2D eigenvalue weighted by Gasteiger charge is -2.27. The van der Waals surface area contributed by atoms with E-state index in [4.69, 9.17) is 16.3 Å². The highest BCUT2D eigenvalue weighted by molar-refractivity contribution is 6.30. The summed E-state index contributed by atoms with van der Waals surface area (Å²) in [5.41, 5.74) is 0.822. The molecule has 0 radical (unpaired) electrons. The van der Waals surface area contributed by atoms with E-state index in [0.29, 0.717) is 43.6 Å². The molecule has 0 spiro atoms. The highest BCUT2D eigenvalue weighted by Crippen LogP contribution is 2.40. The Kier molecular flexibility index (Phi) is 5.04. The lowest BCUT2D eigenvalue weighted by Crippen LogP contribution is -2.37. The van der Waals surface area contributed by atoms with Gasteiger partial charge in [0.2, 0.25) is 5.95 Å². The van der Waals surface area contributed by atoms with Crippen LogP contribution in [0.5, 0.6) is 0 Å². The van der Waals surface area contributed by atoms with Gasteiger partial charge >= 0.3 is 6.18 Å². The van der Waals surface area contributed by atoms with Crippen molar-refractivity contribution in [2.45, 2.75) is 20.0 Å². The minimum atomic E-state index is -4.61. The number of rotatable bonds is 2. The van der Waals surface area contributed by atoms with Crippen LogP contribution >= 0.6 is 11.6 Å². The first-order valence-electron chi connectivity index (χ1n) is 8.97. The van der Waals surface area contributed by atoms with Gasteiger partial charge in [-0.05, 0) is 26.0 Å². The van der Waals surface area contributed by atoms with Crippen LogP contribution in [0.4, 0.5) is 19.1 Å². The molecular formula is C19H17ClF3N5O. The fourth-order valence-electron chi connectivity index (χ4n) is 3.15. The zero-order valence-electron chi connectivity index (χ0n) is 15.7. The molecule has 152 valence electrons. The van der Waals surface area contributed by atoms with Crippen LogP contribution in [0.1, 0.15) is 17.0 Å².